The van der Waals surface area contributed by atoms with Crippen LogP contribution in [0.5, 0.6) is 0 Å². The first-order valence-corrected chi connectivity index (χ1v) is 7.57. The van der Waals surface area contributed by atoms with Crippen LogP contribution in [0.3, 0.4) is 0 Å². The minimum atomic E-state index is -3.00. The molecular weight excluding hydrogens is 225 g/mol. The van der Waals surface area contributed by atoms with Crippen LogP contribution in [0.15, 0.2) is 11.0 Å². The van der Waals surface area contributed by atoms with Crippen LogP contribution in [-0.2, 0) is 13.6 Å². The third kappa shape index (κ3) is 3.09. The molecule has 0 saturated carbocycles. The number of hydrogen-bond donors (Lipinski definition) is 1. The van der Waals surface area contributed by atoms with Crippen LogP contribution in [0.25, 0.3) is 0 Å². The van der Waals surface area contributed by atoms with Crippen molar-refractivity contribution in [2.75, 3.05) is 19.8 Å². The molecule has 0 unspecified atom stereocenters. The van der Waals surface area contributed by atoms with Gasteiger partial charge in [-0.25, -0.2) is 0 Å². The zero-order chi connectivity index (χ0) is 12.0. The monoisotopic (exact) mass is 247 g/mol. The van der Waals surface area contributed by atoms with E-state index < -0.39 is 7.60 Å². The summed E-state index contributed by atoms with van der Waals surface area (Å²) in [4.78, 5) is 0. The van der Waals surface area contributed by atoms with Gasteiger partial charge in [-0.1, -0.05) is 6.92 Å². The normalized spacial score (nSPS) is 16.2. The van der Waals surface area contributed by atoms with Gasteiger partial charge in [0, 0.05) is 12.2 Å². The van der Waals surface area contributed by atoms with Gasteiger partial charge < -0.3 is 14.4 Å². The van der Waals surface area contributed by atoms with Gasteiger partial charge in [0.2, 0.25) is 0 Å². The van der Waals surface area contributed by atoms with Crippen LogP contribution in [0, 0.1) is 0 Å². The van der Waals surface area contributed by atoms with Gasteiger partial charge in [0.1, 0.15) is 0 Å². The van der Waals surface area contributed by atoms with Crippen molar-refractivity contribution in [1.82, 2.24) is 5.32 Å². The van der Waals surface area contributed by atoms with Crippen LogP contribution in [-0.4, -0.2) is 19.8 Å². The summed E-state index contributed by atoms with van der Waals surface area (Å²) < 4.78 is 23.1. The van der Waals surface area contributed by atoms with Gasteiger partial charge in [-0.05, 0) is 33.1 Å². The molecule has 16 heavy (non-hydrogen) atoms. The molecule has 5 heteroatoms. The average Bonchev–Trinajstić information content (AvgIpc) is 2.16. The molecule has 0 heterocycles. The number of rotatable bonds is 8. The standard InChI is InChI=1S/C11H22NO3P/c1-4-9-12-10-7-8-11(10)16(13,14-5-2)15-6-3/h12H,4-9H2,1-3H3. The Morgan fingerprint density at radius 1 is 1.19 bits per heavy atom. The summed E-state index contributed by atoms with van der Waals surface area (Å²) in [5, 5.41) is 4.14. The molecule has 0 radical (unpaired) electrons. The van der Waals surface area contributed by atoms with E-state index in [-0.39, 0.29) is 0 Å². The van der Waals surface area contributed by atoms with Gasteiger partial charge in [-0.15, -0.1) is 0 Å². The van der Waals surface area contributed by atoms with Gasteiger partial charge in [-0.2, -0.15) is 0 Å². The molecule has 0 spiro atoms. The summed E-state index contributed by atoms with van der Waals surface area (Å²) in [5.74, 6) is 0. The zero-order valence-electron chi connectivity index (χ0n) is 10.4. The third-order valence-corrected chi connectivity index (χ3v) is 4.83. The largest absolute Gasteiger partial charge is 0.388 e. The van der Waals surface area contributed by atoms with Gasteiger partial charge in [0.25, 0.3) is 0 Å². The molecular formula is C11H22NO3P. The van der Waals surface area contributed by atoms with E-state index in [1.807, 2.05) is 13.8 Å². The number of allylic oxidation sites excluding steroid dienone is 2. The first kappa shape index (κ1) is 13.8. The maximum absolute atomic E-state index is 12.4. The van der Waals surface area contributed by atoms with E-state index >= 15 is 0 Å². The second kappa shape index (κ2) is 6.43. The van der Waals surface area contributed by atoms with Crippen molar-refractivity contribution >= 4 is 7.60 Å². The average molecular weight is 247 g/mol. The summed E-state index contributed by atoms with van der Waals surface area (Å²) in [5.41, 5.74) is 1.06. The molecule has 0 aliphatic heterocycles. The lowest BCUT2D eigenvalue weighted by Crippen LogP contribution is -2.23. The fourth-order valence-electron chi connectivity index (χ4n) is 1.66. The Labute approximate surface area is 97.9 Å². The topological polar surface area (TPSA) is 47.6 Å². The van der Waals surface area contributed by atoms with Crippen molar-refractivity contribution < 1.29 is 13.6 Å². The molecule has 1 aliphatic carbocycles. The van der Waals surface area contributed by atoms with E-state index in [1.54, 1.807) is 0 Å². The van der Waals surface area contributed by atoms with Crippen LogP contribution in [0.4, 0.5) is 0 Å². The predicted molar refractivity (Wildman–Crippen MR) is 65.4 cm³/mol. The summed E-state index contributed by atoms with van der Waals surface area (Å²) in [7, 11) is -3.00. The SMILES string of the molecule is CCCNC1=C(P(=O)(OCC)OCC)CC1. The molecule has 1 N–H and O–H groups in total. The van der Waals surface area contributed by atoms with Crippen molar-refractivity contribution in [1.29, 1.82) is 0 Å². The Bertz CT molecular complexity index is 292. The summed E-state index contributed by atoms with van der Waals surface area (Å²) in [6.45, 7) is 7.53. The lowest BCUT2D eigenvalue weighted by atomic mass is 10.1. The van der Waals surface area contributed by atoms with Gasteiger partial charge >= 0.3 is 7.60 Å². The highest BCUT2D eigenvalue weighted by Crippen LogP contribution is 2.62. The van der Waals surface area contributed by atoms with E-state index in [0.29, 0.717) is 13.2 Å². The van der Waals surface area contributed by atoms with Crippen molar-refractivity contribution in [2.45, 2.75) is 40.0 Å². The maximum atomic E-state index is 12.4. The van der Waals surface area contributed by atoms with Crippen LogP contribution in [0.1, 0.15) is 40.0 Å². The molecule has 0 atom stereocenters. The predicted octanol–water partition coefficient (Wildman–Crippen LogP) is 3.26. The summed E-state index contributed by atoms with van der Waals surface area (Å²) in [6, 6.07) is 0. The van der Waals surface area contributed by atoms with E-state index in [9.17, 15) is 4.57 Å². The number of nitrogens with one attached hydrogen (secondary N) is 1. The second-order valence-electron chi connectivity index (χ2n) is 3.69. The van der Waals surface area contributed by atoms with Gasteiger partial charge in [-0.3, -0.25) is 4.57 Å². The molecule has 0 aromatic heterocycles. The van der Waals surface area contributed by atoms with Crippen molar-refractivity contribution in [3.8, 4) is 0 Å². The Balaban J connectivity index is 2.74. The zero-order valence-corrected chi connectivity index (χ0v) is 11.3. The fraction of sp³-hybridized carbons (Fsp3) is 0.818. The minimum Gasteiger partial charge on any atom is -0.388 e. The third-order valence-electron chi connectivity index (χ3n) is 2.48. The molecule has 0 saturated heterocycles. The highest BCUT2D eigenvalue weighted by Gasteiger charge is 2.36. The quantitative estimate of drug-likeness (QED) is 0.669. The lowest BCUT2D eigenvalue weighted by molar-refractivity contribution is 0.223. The van der Waals surface area contributed by atoms with Gasteiger partial charge in [0.05, 0.1) is 18.5 Å². The maximum Gasteiger partial charge on any atom is 0.359 e. The molecule has 1 aliphatic rings. The summed E-state index contributed by atoms with van der Waals surface area (Å²) >= 11 is 0. The van der Waals surface area contributed by atoms with Crippen LogP contribution >= 0.6 is 7.60 Å². The fourth-order valence-corrected chi connectivity index (χ4v) is 3.64. The van der Waals surface area contributed by atoms with Crippen LogP contribution in [0.2, 0.25) is 0 Å². The molecule has 4 nitrogen and oxygen atoms in total. The summed E-state index contributed by atoms with van der Waals surface area (Å²) in [6.07, 6.45) is 2.84. The molecule has 94 valence electrons. The van der Waals surface area contributed by atoms with Crippen LogP contribution < -0.4 is 5.32 Å². The molecule has 1 rings (SSSR count). The Kier molecular flexibility index (Phi) is 5.53. The van der Waals surface area contributed by atoms with Crippen molar-refractivity contribution in [2.24, 2.45) is 0 Å². The first-order chi connectivity index (χ1) is 7.68. The molecule has 0 amide bonds. The molecule has 0 aromatic rings. The molecule has 0 fully saturated rings. The first-order valence-electron chi connectivity index (χ1n) is 6.03. The van der Waals surface area contributed by atoms with Crippen molar-refractivity contribution in [3.63, 3.8) is 0 Å². The molecule has 0 aromatic carbocycles. The minimum absolute atomic E-state index is 0.418. The Morgan fingerprint density at radius 3 is 2.19 bits per heavy atom. The highest BCUT2D eigenvalue weighted by atomic mass is 31.2. The van der Waals surface area contributed by atoms with Gasteiger partial charge in [0.15, 0.2) is 0 Å². The highest BCUT2D eigenvalue weighted by molar-refractivity contribution is 7.58. The smallest absolute Gasteiger partial charge is 0.359 e. The molecule has 0 bridgehead atoms. The van der Waals surface area contributed by atoms with Crippen molar-refractivity contribution in [3.05, 3.63) is 11.0 Å². The van der Waals surface area contributed by atoms with E-state index in [1.165, 1.54) is 0 Å². The van der Waals surface area contributed by atoms with E-state index in [2.05, 4.69) is 12.2 Å². The Morgan fingerprint density at radius 2 is 1.81 bits per heavy atom. The van der Waals surface area contributed by atoms with E-state index in [0.717, 1.165) is 36.8 Å². The van der Waals surface area contributed by atoms with E-state index in [4.69, 9.17) is 9.05 Å². The lowest BCUT2D eigenvalue weighted by Gasteiger charge is -2.30. The second-order valence-corrected chi connectivity index (χ2v) is 5.74. The number of hydrogen-bond acceptors (Lipinski definition) is 4. The Hall–Kier alpha value is -0.310.